The molecule has 0 unspecified atom stereocenters. The number of nitrogens with one attached hydrogen (secondary N) is 2. The van der Waals surface area contributed by atoms with Gasteiger partial charge in [-0.05, 0) is 54.6 Å². The van der Waals surface area contributed by atoms with Crippen LogP contribution in [-0.2, 0) is 17.8 Å². The predicted octanol–water partition coefficient (Wildman–Crippen LogP) is 4.03. The maximum atomic E-state index is 12.3. The number of benzene rings is 1. The quantitative estimate of drug-likeness (QED) is 0.621. The number of carbonyl (C=O) groups is 2. The van der Waals surface area contributed by atoms with Gasteiger partial charge in [0.1, 0.15) is 0 Å². The Kier molecular flexibility index (Phi) is 6.71. The number of rotatable bonds is 8. The van der Waals surface area contributed by atoms with Gasteiger partial charge in [-0.15, -0.1) is 11.3 Å². The third-order valence-corrected chi connectivity index (χ3v) is 4.91. The minimum Gasteiger partial charge on any atom is -0.346 e. The number of pyridine rings is 1. The minimum atomic E-state index is -0.200. The Labute approximate surface area is 162 Å². The highest BCUT2D eigenvalue weighted by Crippen LogP contribution is 2.14. The Bertz CT molecular complexity index is 879. The van der Waals surface area contributed by atoms with Gasteiger partial charge in [0, 0.05) is 28.7 Å². The first-order chi connectivity index (χ1) is 13.2. The van der Waals surface area contributed by atoms with Gasteiger partial charge in [-0.3, -0.25) is 14.6 Å². The molecule has 0 spiro atoms. The van der Waals surface area contributed by atoms with Gasteiger partial charge >= 0.3 is 0 Å². The fourth-order valence-corrected chi connectivity index (χ4v) is 3.37. The number of hydrogen-bond donors (Lipinski definition) is 2. The summed E-state index contributed by atoms with van der Waals surface area (Å²) in [6.07, 6.45) is 3.85. The number of aryl methyl sites for hydroxylation is 1. The van der Waals surface area contributed by atoms with Gasteiger partial charge in [-0.1, -0.05) is 18.2 Å². The van der Waals surface area contributed by atoms with E-state index in [2.05, 4.69) is 21.7 Å². The van der Waals surface area contributed by atoms with Crippen LogP contribution in [0, 0.1) is 0 Å². The molecule has 0 aliphatic rings. The summed E-state index contributed by atoms with van der Waals surface area (Å²) in [6.45, 7) is 0.360. The first-order valence-corrected chi connectivity index (χ1v) is 9.69. The molecule has 2 amide bonds. The molecule has 2 heterocycles. The molecule has 0 bridgehead atoms. The molecule has 5 nitrogen and oxygen atoms in total. The topological polar surface area (TPSA) is 71.1 Å². The average Bonchev–Trinajstić information content (AvgIpc) is 3.20. The molecule has 0 atom stereocenters. The van der Waals surface area contributed by atoms with E-state index in [1.54, 1.807) is 41.8 Å². The van der Waals surface area contributed by atoms with Crippen LogP contribution in [0.5, 0.6) is 0 Å². The number of aromatic nitrogens is 1. The average molecular weight is 379 g/mol. The summed E-state index contributed by atoms with van der Waals surface area (Å²) >= 11 is 1.71. The van der Waals surface area contributed by atoms with E-state index in [-0.39, 0.29) is 11.8 Å². The van der Waals surface area contributed by atoms with Gasteiger partial charge in [0.2, 0.25) is 5.91 Å². The molecule has 138 valence electrons. The summed E-state index contributed by atoms with van der Waals surface area (Å²) in [4.78, 5) is 29.9. The molecule has 2 aromatic heterocycles. The lowest BCUT2D eigenvalue weighted by molar-refractivity contribution is -0.116. The summed E-state index contributed by atoms with van der Waals surface area (Å²) in [5, 5.41) is 7.74. The van der Waals surface area contributed by atoms with Gasteiger partial charge in [-0.2, -0.15) is 0 Å². The summed E-state index contributed by atoms with van der Waals surface area (Å²) in [5.41, 5.74) is 1.92. The Morgan fingerprint density at radius 3 is 2.74 bits per heavy atom. The van der Waals surface area contributed by atoms with Gasteiger partial charge in [0.05, 0.1) is 12.2 Å². The number of hydrogen-bond acceptors (Lipinski definition) is 4. The number of amides is 2. The van der Waals surface area contributed by atoms with E-state index >= 15 is 0 Å². The first kappa shape index (κ1) is 18.8. The Hall–Kier alpha value is -2.99. The summed E-state index contributed by atoms with van der Waals surface area (Å²) in [7, 11) is 0. The van der Waals surface area contributed by atoms with Crippen molar-refractivity contribution < 1.29 is 9.59 Å². The van der Waals surface area contributed by atoms with Crippen LogP contribution in [0.25, 0.3) is 0 Å². The number of thiophene rings is 1. The molecule has 6 heteroatoms. The van der Waals surface area contributed by atoms with Crippen molar-refractivity contribution in [3.05, 3.63) is 82.3 Å². The van der Waals surface area contributed by atoms with Crippen LogP contribution in [0.15, 0.2) is 66.2 Å². The molecule has 2 N–H and O–H groups in total. The van der Waals surface area contributed by atoms with Crippen molar-refractivity contribution in [3.8, 4) is 0 Å². The molecule has 0 radical (unpaired) electrons. The SMILES string of the molecule is O=C(CCCc1cccs1)Nc1cccc(C(=O)NCc2ccccn2)c1. The fourth-order valence-electron chi connectivity index (χ4n) is 2.62. The van der Waals surface area contributed by atoms with Crippen molar-refractivity contribution in [1.82, 2.24) is 10.3 Å². The second-order valence-corrected chi connectivity index (χ2v) is 7.10. The standard InChI is InChI=1S/C21H21N3O2S/c25-20(11-4-9-19-10-5-13-27-19)24-17-8-3-6-16(14-17)21(26)23-15-18-7-1-2-12-22-18/h1-3,5-8,10,12-14H,4,9,11,15H2,(H,23,26)(H,24,25). The van der Waals surface area contributed by atoms with Crippen LogP contribution in [0.2, 0.25) is 0 Å². The zero-order chi connectivity index (χ0) is 18.9. The molecule has 0 aliphatic carbocycles. The lowest BCUT2D eigenvalue weighted by Crippen LogP contribution is -2.23. The van der Waals surface area contributed by atoms with Gasteiger partial charge in [0.25, 0.3) is 5.91 Å². The number of nitrogens with zero attached hydrogens (tertiary/aromatic N) is 1. The highest BCUT2D eigenvalue weighted by Gasteiger charge is 2.08. The Morgan fingerprint density at radius 2 is 1.96 bits per heavy atom. The largest absolute Gasteiger partial charge is 0.346 e. The fraction of sp³-hybridized carbons (Fsp3) is 0.190. The molecule has 0 saturated heterocycles. The molecule has 0 aliphatic heterocycles. The van der Waals surface area contributed by atoms with E-state index in [9.17, 15) is 9.59 Å². The molecule has 27 heavy (non-hydrogen) atoms. The normalized spacial score (nSPS) is 10.4. The van der Waals surface area contributed by atoms with Crippen LogP contribution < -0.4 is 10.6 Å². The van der Waals surface area contributed by atoms with Gasteiger partial charge in [-0.25, -0.2) is 0 Å². The van der Waals surface area contributed by atoms with Crippen molar-refractivity contribution >= 4 is 28.8 Å². The van der Waals surface area contributed by atoms with E-state index in [0.717, 1.165) is 18.5 Å². The Balaban J connectivity index is 1.48. The molecule has 0 fully saturated rings. The molecular weight excluding hydrogens is 358 g/mol. The summed E-state index contributed by atoms with van der Waals surface area (Å²) in [5.74, 6) is -0.243. The molecule has 3 aromatic rings. The lowest BCUT2D eigenvalue weighted by Gasteiger charge is -2.08. The second-order valence-electron chi connectivity index (χ2n) is 6.07. The third-order valence-electron chi connectivity index (χ3n) is 3.97. The van der Waals surface area contributed by atoms with E-state index in [4.69, 9.17) is 0 Å². The molecular formula is C21H21N3O2S. The second kappa shape index (κ2) is 9.64. The third kappa shape index (κ3) is 6.04. The van der Waals surface area contributed by atoms with E-state index in [1.165, 1.54) is 4.88 Å². The van der Waals surface area contributed by atoms with Crippen molar-refractivity contribution in [2.24, 2.45) is 0 Å². The first-order valence-electron chi connectivity index (χ1n) is 8.81. The van der Waals surface area contributed by atoms with Crippen molar-refractivity contribution in [3.63, 3.8) is 0 Å². The number of anilines is 1. The van der Waals surface area contributed by atoms with Crippen LogP contribution in [0.1, 0.15) is 33.8 Å². The van der Waals surface area contributed by atoms with Gasteiger partial charge in [0.15, 0.2) is 0 Å². The van der Waals surface area contributed by atoms with Crippen LogP contribution >= 0.6 is 11.3 Å². The van der Waals surface area contributed by atoms with E-state index < -0.39 is 0 Å². The maximum absolute atomic E-state index is 12.3. The minimum absolute atomic E-state index is 0.0439. The van der Waals surface area contributed by atoms with Crippen molar-refractivity contribution in [2.45, 2.75) is 25.8 Å². The number of carbonyl (C=O) groups excluding carboxylic acids is 2. The van der Waals surface area contributed by atoms with Crippen molar-refractivity contribution in [2.75, 3.05) is 5.32 Å². The highest BCUT2D eigenvalue weighted by molar-refractivity contribution is 7.09. The Morgan fingerprint density at radius 1 is 1.04 bits per heavy atom. The summed E-state index contributed by atoms with van der Waals surface area (Å²) < 4.78 is 0. The van der Waals surface area contributed by atoms with E-state index in [1.807, 2.05) is 29.6 Å². The smallest absolute Gasteiger partial charge is 0.251 e. The molecule has 3 rings (SSSR count). The zero-order valence-electron chi connectivity index (χ0n) is 14.9. The van der Waals surface area contributed by atoms with Crippen LogP contribution in [-0.4, -0.2) is 16.8 Å². The van der Waals surface area contributed by atoms with Gasteiger partial charge < -0.3 is 10.6 Å². The monoisotopic (exact) mass is 379 g/mol. The molecule has 1 aromatic carbocycles. The summed E-state index contributed by atoms with van der Waals surface area (Å²) in [6, 6.07) is 16.6. The van der Waals surface area contributed by atoms with Crippen molar-refractivity contribution in [1.29, 1.82) is 0 Å². The van der Waals surface area contributed by atoms with Crippen LogP contribution in [0.4, 0.5) is 5.69 Å². The predicted molar refractivity (Wildman–Crippen MR) is 108 cm³/mol. The maximum Gasteiger partial charge on any atom is 0.251 e. The molecule has 0 saturated carbocycles. The zero-order valence-corrected chi connectivity index (χ0v) is 15.7. The van der Waals surface area contributed by atoms with Crippen LogP contribution in [0.3, 0.4) is 0 Å². The van der Waals surface area contributed by atoms with E-state index in [0.29, 0.717) is 24.2 Å². The highest BCUT2D eigenvalue weighted by atomic mass is 32.1. The lowest BCUT2D eigenvalue weighted by atomic mass is 10.1.